The molecule has 0 amide bonds. The van der Waals surface area contributed by atoms with E-state index in [9.17, 15) is 9.90 Å². The first-order valence-electron chi connectivity index (χ1n) is 6.99. The van der Waals surface area contributed by atoms with E-state index in [1.54, 1.807) is 13.1 Å². The van der Waals surface area contributed by atoms with Gasteiger partial charge in [-0.15, -0.1) is 0 Å². The number of carboxylic acid groups (broad SMARTS) is 1. The normalized spacial score (nSPS) is 17.7. The number of nitrogens with zero attached hydrogens (tertiary/aromatic N) is 2. The van der Waals surface area contributed by atoms with E-state index in [4.69, 9.17) is 4.74 Å². The summed E-state index contributed by atoms with van der Waals surface area (Å²) in [6.07, 6.45) is 4.45. The minimum atomic E-state index is -0.985. The molecule has 2 rings (SSSR count). The Morgan fingerprint density at radius 3 is 2.80 bits per heavy atom. The second-order valence-corrected chi connectivity index (χ2v) is 5.17. The Bertz CT molecular complexity index is 485. The molecule has 0 aromatic carbocycles. The van der Waals surface area contributed by atoms with Crippen LogP contribution < -0.4 is 5.32 Å². The van der Waals surface area contributed by atoms with Crippen molar-refractivity contribution in [2.75, 3.05) is 18.5 Å². The maximum atomic E-state index is 11.7. The molecule has 1 aliphatic rings. The number of carboxylic acids is 1. The van der Waals surface area contributed by atoms with E-state index in [2.05, 4.69) is 22.2 Å². The van der Waals surface area contributed by atoms with Gasteiger partial charge in [0.25, 0.3) is 0 Å². The monoisotopic (exact) mass is 279 g/mol. The maximum absolute atomic E-state index is 11.7. The lowest BCUT2D eigenvalue weighted by molar-refractivity contribution is -0.145. The summed E-state index contributed by atoms with van der Waals surface area (Å²) in [5.41, 5.74) is -0.0214. The predicted molar refractivity (Wildman–Crippen MR) is 74.8 cm³/mol. The zero-order valence-corrected chi connectivity index (χ0v) is 12.0. The van der Waals surface area contributed by atoms with Gasteiger partial charge in [0, 0.05) is 37.8 Å². The van der Waals surface area contributed by atoms with Crippen LogP contribution >= 0.6 is 0 Å². The molecule has 2 N–H and O–H groups in total. The Labute approximate surface area is 118 Å². The number of ether oxygens (including phenoxy) is 1. The third-order valence-electron chi connectivity index (χ3n) is 3.62. The summed E-state index contributed by atoms with van der Waals surface area (Å²) in [5, 5.41) is 12.7. The van der Waals surface area contributed by atoms with Gasteiger partial charge in [0.2, 0.25) is 0 Å². The fourth-order valence-electron chi connectivity index (χ4n) is 2.39. The first kappa shape index (κ1) is 14.7. The summed E-state index contributed by atoms with van der Waals surface area (Å²) >= 11 is 0. The lowest BCUT2D eigenvalue weighted by Crippen LogP contribution is -2.50. The standard InChI is InChI=1S/C14H21N3O3/c1-3-4-11-9-15-10(2)16-12(11)17-14(13(18)19)5-7-20-8-6-14/h9H,3-8H2,1-2H3,(H,18,19)(H,15,16,17). The lowest BCUT2D eigenvalue weighted by atomic mass is 9.90. The molecule has 1 aromatic rings. The highest BCUT2D eigenvalue weighted by Gasteiger charge is 2.41. The van der Waals surface area contributed by atoms with Crippen LogP contribution in [-0.2, 0) is 16.0 Å². The number of rotatable bonds is 5. The van der Waals surface area contributed by atoms with Gasteiger partial charge in [0.05, 0.1) is 0 Å². The zero-order valence-electron chi connectivity index (χ0n) is 12.0. The first-order chi connectivity index (χ1) is 9.57. The van der Waals surface area contributed by atoms with Crippen molar-refractivity contribution >= 4 is 11.8 Å². The van der Waals surface area contributed by atoms with Crippen LogP contribution in [0.25, 0.3) is 0 Å². The summed E-state index contributed by atoms with van der Waals surface area (Å²) < 4.78 is 5.28. The third-order valence-corrected chi connectivity index (χ3v) is 3.62. The number of aryl methyl sites for hydroxylation is 2. The van der Waals surface area contributed by atoms with E-state index in [-0.39, 0.29) is 0 Å². The maximum Gasteiger partial charge on any atom is 0.329 e. The fraction of sp³-hybridized carbons (Fsp3) is 0.643. The van der Waals surface area contributed by atoms with E-state index >= 15 is 0 Å². The van der Waals surface area contributed by atoms with E-state index in [1.165, 1.54) is 0 Å². The largest absolute Gasteiger partial charge is 0.480 e. The highest BCUT2D eigenvalue weighted by molar-refractivity contribution is 5.82. The molecule has 0 aliphatic carbocycles. The molecule has 1 aromatic heterocycles. The van der Waals surface area contributed by atoms with Gasteiger partial charge >= 0.3 is 5.97 Å². The highest BCUT2D eigenvalue weighted by atomic mass is 16.5. The number of carbonyl (C=O) groups is 1. The summed E-state index contributed by atoms with van der Waals surface area (Å²) in [5.74, 6) is 0.433. The highest BCUT2D eigenvalue weighted by Crippen LogP contribution is 2.27. The molecule has 0 bridgehead atoms. The van der Waals surface area contributed by atoms with E-state index in [0.29, 0.717) is 37.7 Å². The van der Waals surface area contributed by atoms with Gasteiger partial charge in [-0.3, -0.25) is 0 Å². The van der Waals surface area contributed by atoms with Crippen LogP contribution in [0.5, 0.6) is 0 Å². The van der Waals surface area contributed by atoms with Crippen molar-refractivity contribution in [3.63, 3.8) is 0 Å². The molecule has 110 valence electrons. The minimum absolute atomic E-state index is 0.441. The molecule has 20 heavy (non-hydrogen) atoms. The van der Waals surface area contributed by atoms with Crippen LogP contribution in [0.15, 0.2) is 6.20 Å². The van der Waals surface area contributed by atoms with Crippen LogP contribution in [0.3, 0.4) is 0 Å². The Morgan fingerprint density at radius 2 is 2.20 bits per heavy atom. The molecular weight excluding hydrogens is 258 g/mol. The van der Waals surface area contributed by atoms with Crippen molar-refractivity contribution < 1.29 is 14.6 Å². The average molecular weight is 279 g/mol. The molecule has 0 radical (unpaired) electrons. The number of hydrogen-bond acceptors (Lipinski definition) is 5. The smallest absolute Gasteiger partial charge is 0.329 e. The van der Waals surface area contributed by atoms with Crippen LogP contribution in [0, 0.1) is 6.92 Å². The number of anilines is 1. The number of nitrogens with one attached hydrogen (secondary N) is 1. The molecule has 0 saturated carbocycles. The first-order valence-corrected chi connectivity index (χ1v) is 6.99. The summed E-state index contributed by atoms with van der Waals surface area (Å²) in [7, 11) is 0. The summed E-state index contributed by atoms with van der Waals surface area (Å²) in [6.45, 7) is 4.78. The van der Waals surface area contributed by atoms with E-state index in [0.717, 1.165) is 18.4 Å². The molecule has 6 nitrogen and oxygen atoms in total. The predicted octanol–water partition coefficient (Wildman–Crippen LogP) is 1.78. The van der Waals surface area contributed by atoms with E-state index in [1.807, 2.05) is 0 Å². The van der Waals surface area contributed by atoms with Crippen molar-refractivity contribution in [1.29, 1.82) is 0 Å². The second kappa shape index (κ2) is 6.17. The molecule has 6 heteroatoms. The SMILES string of the molecule is CCCc1cnc(C)nc1NC1(C(=O)O)CCOCC1. The van der Waals surface area contributed by atoms with Gasteiger partial charge in [0.15, 0.2) is 0 Å². The fourth-order valence-corrected chi connectivity index (χ4v) is 2.39. The van der Waals surface area contributed by atoms with Crippen LogP contribution in [0.2, 0.25) is 0 Å². The Kier molecular flexibility index (Phi) is 4.54. The van der Waals surface area contributed by atoms with Gasteiger partial charge in [-0.05, 0) is 13.3 Å². The zero-order chi connectivity index (χ0) is 14.6. The average Bonchev–Trinajstić information content (AvgIpc) is 2.43. The molecule has 0 spiro atoms. The topological polar surface area (TPSA) is 84.3 Å². The van der Waals surface area contributed by atoms with Crippen molar-refractivity contribution in [1.82, 2.24) is 9.97 Å². The number of aromatic nitrogens is 2. The molecule has 1 saturated heterocycles. The van der Waals surface area contributed by atoms with E-state index < -0.39 is 11.5 Å². The Balaban J connectivity index is 2.30. The minimum Gasteiger partial charge on any atom is -0.480 e. The lowest BCUT2D eigenvalue weighted by Gasteiger charge is -2.34. The van der Waals surface area contributed by atoms with Crippen molar-refractivity contribution in [2.45, 2.75) is 45.1 Å². The van der Waals surface area contributed by atoms with Crippen molar-refractivity contribution in [2.24, 2.45) is 0 Å². The van der Waals surface area contributed by atoms with Crippen LogP contribution in [0.1, 0.15) is 37.6 Å². The quantitative estimate of drug-likeness (QED) is 0.854. The Hall–Kier alpha value is -1.69. The van der Waals surface area contributed by atoms with Gasteiger partial charge in [-0.25, -0.2) is 14.8 Å². The van der Waals surface area contributed by atoms with Gasteiger partial charge in [-0.1, -0.05) is 13.3 Å². The van der Waals surface area contributed by atoms with Crippen LogP contribution in [-0.4, -0.2) is 39.8 Å². The van der Waals surface area contributed by atoms with Crippen molar-refractivity contribution in [3.05, 3.63) is 17.6 Å². The molecular formula is C14H21N3O3. The third kappa shape index (κ3) is 3.07. The summed E-state index contributed by atoms with van der Waals surface area (Å²) in [4.78, 5) is 20.3. The second-order valence-electron chi connectivity index (χ2n) is 5.17. The summed E-state index contributed by atoms with van der Waals surface area (Å²) in [6, 6.07) is 0. The van der Waals surface area contributed by atoms with Crippen LogP contribution in [0.4, 0.5) is 5.82 Å². The van der Waals surface area contributed by atoms with Crippen molar-refractivity contribution in [3.8, 4) is 0 Å². The van der Waals surface area contributed by atoms with Gasteiger partial charge in [0.1, 0.15) is 17.2 Å². The number of aliphatic carboxylic acids is 1. The molecule has 0 atom stereocenters. The molecule has 1 fully saturated rings. The Morgan fingerprint density at radius 1 is 1.50 bits per heavy atom. The molecule has 2 heterocycles. The van der Waals surface area contributed by atoms with Gasteiger partial charge < -0.3 is 15.2 Å². The number of hydrogen-bond donors (Lipinski definition) is 2. The molecule has 0 unspecified atom stereocenters. The molecule has 1 aliphatic heterocycles. The van der Waals surface area contributed by atoms with Gasteiger partial charge in [-0.2, -0.15) is 0 Å².